The second-order valence-corrected chi connectivity index (χ2v) is 5.39. The summed E-state index contributed by atoms with van der Waals surface area (Å²) in [5, 5.41) is 0. The maximum absolute atomic E-state index is 12.1. The van der Waals surface area contributed by atoms with Crippen LogP contribution >= 0.6 is 0 Å². The van der Waals surface area contributed by atoms with Crippen LogP contribution < -0.4 is 0 Å². The molecule has 0 saturated carbocycles. The molecule has 1 saturated heterocycles. The summed E-state index contributed by atoms with van der Waals surface area (Å²) in [5.41, 5.74) is 0. The van der Waals surface area contributed by atoms with E-state index in [4.69, 9.17) is 0 Å². The Labute approximate surface area is 90.0 Å². The fourth-order valence-corrected chi connectivity index (χ4v) is 3.08. The van der Waals surface area contributed by atoms with E-state index in [0.717, 1.165) is 12.8 Å². The first-order valence-corrected chi connectivity index (χ1v) is 6.37. The predicted molar refractivity (Wildman–Crippen MR) is 56.5 cm³/mol. The Morgan fingerprint density at radius 2 is 1.73 bits per heavy atom. The van der Waals surface area contributed by atoms with Crippen LogP contribution in [0.4, 0.5) is 0 Å². The summed E-state index contributed by atoms with van der Waals surface area (Å²) in [6.07, 6.45) is 6.80. The predicted octanol–water partition coefficient (Wildman–Crippen LogP) is 1.07. The Morgan fingerprint density at radius 1 is 1.13 bits per heavy atom. The summed E-state index contributed by atoms with van der Waals surface area (Å²) in [4.78, 5) is 4.15. The second kappa shape index (κ2) is 4.28. The minimum Gasteiger partial charge on any atom is -0.265 e. The SMILES string of the molecule is O=S(=O)(c1ccncc1)N1CC[CH]CC1. The first-order chi connectivity index (χ1) is 7.21. The van der Waals surface area contributed by atoms with E-state index < -0.39 is 10.0 Å². The topological polar surface area (TPSA) is 50.3 Å². The van der Waals surface area contributed by atoms with Crippen LogP contribution in [0.5, 0.6) is 0 Å². The van der Waals surface area contributed by atoms with Crippen molar-refractivity contribution >= 4 is 10.0 Å². The number of hydrogen-bond donors (Lipinski definition) is 0. The van der Waals surface area contributed by atoms with E-state index in [-0.39, 0.29) is 0 Å². The Morgan fingerprint density at radius 3 is 2.33 bits per heavy atom. The van der Waals surface area contributed by atoms with Gasteiger partial charge in [-0.2, -0.15) is 4.31 Å². The van der Waals surface area contributed by atoms with Crippen molar-refractivity contribution in [2.45, 2.75) is 17.7 Å². The lowest BCUT2D eigenvalue weighted by molar-refractivity contribution is 0.384. The number of sulfonamides is 1. The van der Waals surface area contributed by atoms with Gasteiger partial charge in [0.15, 0.2) is 0 Å². The lowest BCUT2D eigenvalue weighted by Gasteiger charge is -2.25. The summed E-state index contributed by atoms with van der Waals surface area (Å²) in [6.45, 7) is 1.18. The van der Waals surface area contributed by atoms with Crippen LogP contribution in [-0.2, 0) is 10.0 Å². The van der Waals surface area contributed by atoms with Gasteiger partial charge < -0.3 is 0 Å². The van der Waals surface area contributed by atoms with Gasteiger partial charge in [0.2, 0.25) is 10.0 Å². The van der Waals surface area contributed by atoms with Crippen LogP contribution in [0.25, 0.3) is 0 Å². The minimum absolute atomic E-state index is 0.333. The van der Waals surface area contributed by atoms with Crippen LogP contribution in [0.15, 0.2) is 29.4 Å². The Hall–Kier alpha value is -0.940. The van der Waals surface area contributed by atoms with Crippen molar-refractivity contribution in [2.24, 2.45) is 0 Å². The number of pyridine rings is 1. The molecule has 1 aliphatic rings. The van der Waals surface area contributed by atoms with Gasteiger partial charge in [-0.05, 0) is 31.4 Å². The van der Waals surface area contributed by atoms with Gasteiger partial charge in [0, 0.05) is 25.5 Å². The van der Waals surface area contributed by atoms with Crippen LogP contribution in [0.2, 0.25) is 0 Å². The largest absolute Gasteiger partial charge is 0.265 e. The van der Waals surface area contributed by atoms with Crippen molar-refractivity contribution in [3.05, 3.63) is 30.9 Å². The molecule has 2 heterocycles. The highest BCUT2D eigenvalue weighted by Crippen LogP contribution is 2.18. The Bertz CT molecular complexity index is 410. The highest BCUT2D eigenvalue weighted by molar-refractivity contribution is 7.89. The molecule has 1 radical (unpaired) electrons. The highest BCUT2D eigenvalue weighted by Gasteiger charge is 2.25. The van der Waals surface area contributed by atoms with Gasteiger partial charge in [0.05, 0.1) is 4.90 Å². The fraction of sp³-hybridized carbons (Fsp3) is 0.400. The molecule has 0 spiro atoms. The van der Waals surface area contributed by atoms with Gasteiger partial charge in [-0.25, -0.2) is 8.42 Å². The van der Waals surface area contributed by atoms with E-state index >= 15 is 0 Å². The second-order valence-electron chi connectivity index (χ2n) is 3.45. The van der Waals surface area contributed by atoms with Crippen LogP contribution in [0.3, 0.4) is 0 Å². The zero-order chi connectivity index (χ0) is 10.7. The maximum atomic E-state index is 12.1. The molecule has 1 aliphatic heterocycles. The molecule has 1 aromatic heterocycles. The van der Waals surface area contributed by atoms with E-state index in [2.05, 4.69) is 11.4 Å². The number of rotatable bonds is 2. The summed E-state index contributed by atoms with van der Waals surface area (Å²) in [7, 11) is -3.29. The summed E-state index contributed by atoms with van der Waals surface area (Å²) in [6, 6.07) is 3.07. The van der Waals surface area contributed by atoms with Gasteiger partial charge in [0.1, 0.15) is 0 Å². The van der Waals surface area contributed by atoms with Crippen molar-refractivity contribution in [1.82, 2.24) is 9.29 Å². The average Bonchev–Trinajstić information content (AvgIpc) is 2.31. The van der Waals surface area contributed by atoms with E-state index in [1.54, 1.807) is 0 Å². The molecule has 0 N–H and O–H groups in total. The third-order valence-electron chi connectivity index (χ3n) is 2.45. The fourth-order valence-electron chi connectivity index (χ4n) is 1.63. The van der Waals surface area contributed by atoms with Gasteiger partial charge in [-0.15, -0.1) is 0 Å². The maximum Gasteiger partial charge on any atom is 0.243 e. The molecule has 2 rings (SSSR count). The van der Waals surface area contributed by atoms with Crippen LogP contribution in [0.1, 0.15) is 12.8 Å². The van der Waals surface area contributed by atoms with Gasteiger partial charge in [-0.1, -0.05) is 0 Å². The van der Waals surface area contributed by atoms with Crippen LogP contribution in [-0.4, -0.2) is 30.8 Å². The summed E-state index contributed by atoms with van der Waals surface area (Å²) in [5.74, 6) is 0. The van der Waals surface area contributed by atoms with Gasteiger partial charge >= 0.3 is 0 Å². The first-order valence-electron chi connectivity index (χ1n) is 4.93. The molecule has 0 aliphatic carbocycles. The number of aromatic nitrogens is 1. The number of piperidine rings is 1. The lowest BCUT2D eigenvalue weighted by Crippen LogP contribution is -2.35. The molecule has 0 atom stereocenters. The molecule has 1 fully saturated rings. The summed E-state index contributed by atoms with van der Waals surface area (Å²) < 4.78 is 25.7. The zero-order valence-corrected chi connectivity index (χ0v) is 9.15. The Kier molecular flexibility index (Phi) is 3.02. The molecule has 0 aromatic carbocycles. The molecule has 81 valence electrons. The average molecular weight is 225 g/mol. The van der Waals surface area contributed by atoms with Crippen LogP contribution in [0, 0.1) is 6.42 Å². The molecular formula is C10H13N2O2S. The van der Waals surface area contributed by atoms with E-state index in [9.17, 15) is 8.42 Å². The molecule has 4 nitrogen and oxygen atoms in total. The van der Waals surface area contributed by atoms with Gasteiger partial charge in [-0.3, -0.25) is 4.98 Å². The quantitative estimate of drug-likeness (QED) is 0.756. The third-order valence-corrected chi connectivity index (χ3v) is 4.37. The monoisotopic (exact) mass is 225 g/mol. The van der Waals surface area contributed by atoms with Gasteiger partial charge in [0.25, 0.3) is 0 Å². The van der Waals surface area contributed by atoms with E-state index in [1.807, 2.05) is 0 Å². The van der Waals surface area contributed by atoms with Crippen molar-refractivity contribution in [3.63, 3.8) is 0 Å². The number of hydrogen-bond acceptors (Lipinski definition) is 3. The molecule has 15 heavy (non-hydrogen) atoms. The molecule has 0 bridgehead atoms. The van der Waals surface area contributed by atoms with E-state index in [0.29, 0.717) is 18.0 Å². The van der Waals surface area contributed by atoms with Crippen molar-refractivity contribution in [1.29, 1.82) is 0 Å². The lowest BCUT2D eigenvalue weighted by atomic mass is 10.2. The zero-order valence-electron chi connectivity index (χ0n) is 8.33. The first kappa shape index (κ1) is 10.6. The number of nitrogens with zero attached hydrogens (tertiary/aromatic N) is 2. The third kappa shape index (κ3) is 2.18. The molecule has 5 heteroatoms. The van der Waals surface area contributed by atoms with Crippen molar-refractivity contribution < 1.29 is 8.42 Å². The molecule has 0 amide bonds. The normalized spacial score (nSPS) is 18.9. The van der Waals surface area contributed by atoms with E-state index in [1.165, 1.54) is 28.8 Å². The molecule has 1 aromatic rings. The minimum atomic E-state index is -3.29. The molecule has 0 unspecified atom stereocenters. The standard InChI is InChI=1S/C10H13N2O2S/c13-15(14,10-4-6-11-7-5-10)12-8-2-1-3-9-12/h1,4-7H,2-3,8-9H2. The smallest absolute Gasteiger partial charge is 0.243 e. The summed E-state index contributed by atoms with van der Waals surface area (Å²) >= 11 is 0. The van der Waals surface area contributed by atoms with Crippen molar-refractivity contribution in [2.75, 3.05) is 13.1 Å². The van der Waals surface area contributed by atoms with Crippen molar-refractivity contribution in [3.8, 4) is 0 Å². The highest BCUT2D eigenvalue weighted by atomic mass is 32.2. The Balaban J connectivity index is 2.26. The molecular weight excluding hydrogens is 212 g/mol.